The molecule has 0 aliphatic rings. The van der Waals surface area contributed by atoms with Gasteiger partial charge in [-0.3, -0.25) is 4.57 Å². The van der Waals surface area contributed by atoms with Gasteiger partial charge in [0.15, 0.2) is 17.3 Å². The van der Waals surface area contributed by atoms with Gasteiger partial charge in [0.25, 0.3) is 0 Å². The highest BCUT2D eigenvalue weighted by atomic mass is 31.2. The first-order chi connectivity index (χ1) is 12.0. The van der Waals surface area contributed by atoms with E-state index >= 15 is 0 Å². The standard InChI is InChI=1S/C17H22NO6P/c1-21-14-10-12(11-15(22-2)16(14)19)17(25(20,23-3)24-4)18-13-8-6-5-7-9-13/h5-11,17-19H,1-4H3. The zero-order chi connectivity index (χ0) is 18.4. The van der Waals surface area contributed by atoms with Gasteiger partial charge in [-0.25, -0.2) is 0 Å². The number of benzene rings is 2. The van der Waals surface area contributed by atoms with Crippen molar-refractivity contribution in [3.63, 3.8) is 0 Å². The molecule has 1 unspecified atom stereocenters. The van der Waals surface area contributed by atoms with E-state index in [1.807, 2.05) is 30.3 Å². The zero-order valence-electron chi connectivity index (χ0n) is 14.6. The molecular weight excluding hydrogens is 345 g/mol. The molecule has 0 spiro atoms. The Kier molecular flexibility index (Phi) is 6.31. The Labute approximate surface area is 147 Å². The molecule has 2 N–H and O–H groups in total. The fourth-order valence-electron chi connectivity index (χ4n) is 2.39. The molecule has 0 aliphatic heterocycles. The molecule has 25 heavy (non-hydrogen) atoms. The second-order valence-electron chi connectivity index (χ2n) is 5.09. The van der Waals surface area contributed by atoms with Crippen molar-refractivity contribution in [1.29, 1.82) is 0 Å². The van der Waals surface area contributed by atoms with Crippen molar-refractivity contribution >= 4 is 13.3 Å². The van der Waals surface area contributed by atoms with E-state index in [9.17, 15) is 9.67 Å². The predicted octanol–water partition coefficient (Wildman–Crippen LogP) is 4.01. The molecular formula is C17H22NO6P. The van der Waals surface area contributed by atoms with Crippen molar-refractivity contribution < 1.29 is 28.2 Å². The maximum atomic E-state index is 13.1. The van der Waals surface area contributed by atoms with Crippen LogP contribution in [0.1, 0.15) is 11.3 Å². The number of rotatable bonds is 8. The minimum Gasteiger partial charge on any atom is -0.502 e. The lowest BCUT2D eigenvalue weighted by Gasteiger charge is -2.27. The summed E-state index contributed by atoms with van der Waals surface area (Å²) < 4.78 is 33.8. The van der Waals surface area contributed by atoms with E-state index in [4.69, 9.17) is 18.5 Å². The monoisotopic (exact) mass is 367 g/mol. The molecule has 0 aliphatic carbocycles. The molecule has 2 aromatic carbocycles. The highest BCUT2D eigenvalue weighted by Gasteiger charge is 2.36. The molecule has 7 nitrogen and oxygen atoms in total. The van der Waals surface area contributed by atoms with Crippen LogP contribution in [0.2, 0.25) is 0 Å². The topological polar surface area (TPSA) is 86.3 Å². The van der Waals surface area contributed by atoms with Crippen LogP contribution < -0.4 is 14.8 Å². The maximum absolute atomic E-state index is 13.1. The van der Waals surface area contributed by atoms with Gasteiger partial charge in [0.05, 0.1) is 14.2 Å². The highest BCUT2D eigenvalue weighted by molar-refractivity contribution is 7.54. The Balaban J connectivity index is 2.57. The van der Waals surface area contributed by atoms with Gasteiger partial charge in [-0.2, -0.15) is 0 Å². The Bertz CT molecular complexity index is 719. The quantitative estimate of drug-likeness (QED) is 0.682. The number of aromatic hydroxyl groups is 1. The number of hydrogen-bond donors (Lipinski definition) is 2. The second-order valence-corrected chi connectivity index (χ2v) is 7.42. The molecule has 0 aromatic heterocycles. The van der Waals surface area contributed by atoms with Crippen LogP contribution in [0, 0.1) is 0 Å². The molecule has 0 saturated carbocycles. The summed E-state index contributed by atoms with van der Waals surface area (Å²) in [6.45, 7) is 0. The van der Waals surface area contributed by atoms with Crippen LogP contribution in [-0.4, -0.2) is 33.5 Å². The number of ether oxygens (including phenoxy) is 2. The third-order valence-electron chi connectivity index (χ3n) is 3.72. The SMILES string of the molecule is COc1cc(C(Nc2ccccc2)P(=O)(OC)OC)cc(OC)c1O. The van der Waals surface area contributed by atoms with E-state index in [1.54, 1.807) is 12.1 Å². The summed E-state index contributed by atoms with van der Waals surface area (Å²) >= 11 is 0. The lowest BCUT2D eigenvalue weighted by atomic mass is 10.1. The molecule has 0 radical (unpaired) electrons. The number of phenolic OH excluding ortho intramolecular Hbond substituents is 1. The summed E-state index contributed by atoms with van der Waals surface area (Å²) in [6, 6.07) is 12.4. The number of phenols is 1. The van der Waals surface area contributed by atoms with E-state index in [0.717, 1.165) is 5.69 Å². The van der Waals surface area contributed by atoms with Gasteiger partial charge < -0.3 is 28.9 Å². The summed E-state index contributed by atoms with van der Waals surface area (Å²) in [5.41, 5.74) is 1.25. The van der Waals surface area contributed by atoms with Gasteiger partial charge in [0.2, 0.25) is 5.75 Å². The van der Waals surface area contributed by atoms with Crippen LogP contribution in [0.5, 0.6) is 17.2 Å². The molecule has 0 heterocycles. The van der Waals surface area contributed by atoms with Gasteiger partial charge in [-0.1, -0.05) is 18.2 Å². The Hall–Kier alpha value is -2.21. The first-order valence-electron chi connectivity index (χ1n) is 7.46. The first kappa shape index (κ1) is 19.1. The lowest BCUT2D eigenvalue weighted by molar-refractivity contribution is 0.268. The van der Waals surface area contributed by atoms with Gasteiger partial charge in [0, 0.05) is 19.9 Å². The van der Waals surface area contributed by atoms with Crippen LogP contribution in [-0.2, 0) is 13.6 Å². The molecule has 2 rings (SSSR count). The van der Waals surface area contributed by atoms with Crippen LogP contribution >= 0.6 is 7.60 Å². The minimum absolute atomic E-state index is 0.142. The summed E-state index contributed by atoms with van der Waals surface area (Å²) in [4.78, 5) is 0. The maximum Gasteiger partial charge on any atom is 0.356 e. The van der Waals surface area contributed by atoms with Gasteiger partial charge in [0.1, 0.15) is 0 Å². The fraction of sp³-hybridized carbons (Fsp3) is 0.294. The molecule has 0 amide bonds. The van der Waals surface area contributed by atoms with E-state index in [2.05, 4.69) is 5.32 Å². The molecule has 1 atom stereocenters. The Morgan fingerprint density at radius 1 is 0.960 bits per heavy atom. The number of anilines is 1. The molecule has 0 fully saturated rings. The molecule has 0 bridgehead atoms. The van der Waals surface area contributed by atoms with Crippen LogP contribution in [0.15, 0.2) is 42.5 Å². The smallest absolute Gasteiger partial charge is 0.356 e. The van der Waals surface area contributed by atoms with Crippen molar-refractivity contribution in [3.8, 4) is 17.2 Å². The van der Waals surface area contributed by atoms with Crippen molar-refractivity contribution in [2.24, 2.45) is 0 Å². The number of hydrogen-bond acceptors (Lipinski definition) is 7. The van der Waals surface area contributed by atoms with Crippen molar-refractivity contribution in [2.75, 3.05) is 33.8 Å². The van der Waals surface area contributed by atoms with Crippen molar-refractivity contribution in [1.82, 2.24) is 0 Å². The average molecular weight is 367 g/mol. The zero-order valence-corrected chi connectivity index (χ0v) is 15.4. The Morgan fingerprint density at radius 2 is 1.48 bits per heavy atom. The predicted molar refractivity (Wildman–Crippen MR) is 95.6 cm³/mol. The van der Waals surface area contributed by atoms with Gasteiger partial charge >= 0.3 is 7.60 Å². The van der Waals surface area contributed by atoms with Gasteiger partial charge in [-0.15, -0.1) is 0 Å². The highest BCUT2D eigenvalue weighted by Crippen LogP contribution is 2.60. The van der Waals surface area contributed by atoms with E-state index in [0.29, 0.717) is 5.56 Å². The Morgan fingerprint density at radius 3 is 1.92 bits per heavy atom. The van der Waals surface area contributed by atoms with Crippen LogP contribution in [0.4, 0.5) is 5.69 Å². The van der Waals surface area contributed by atoms with Crippen molar-refractivity contribution in [3.05, 3.63) is 48.0 Å². The first-order valence-corrected chi connectivity index (χ1v) is 9.08. The largest absolute Gasteiger partial charge is 0.502 e. The second kappa shape index (κ2) is 8.25. The van der Waals surface area contributed by atoms with Gasteiger partial charge in [-0.05, 0) is 29.8 Å². The molecule has 0 saturated heterocycles. The summed E-state index contributed by atoms with van der Waals surface area (Å²) in [5.74, 6) is -0.605. The molecule has 2 aromatic rings. The average Bonchev–Trinajstić information content (AvgIpc) is 2.66. The third-order valence-corrected chi connectivity index (χ3v) is 5.80. The van der Waals surface area contributed by atoms with E-state index in [1.165, 1.54) is 28.4 Å². The summed E-state index contributed by atoms with van der Waals surface area (Å²) in [5, 5.41) is 13.3. The van der Waals surface area contributed by atoms with E-state index < -0.39 is 13.4 Å². The fourth-order valence-corrected chi connectivity index (χ4v) is 3.79. The third kappa shape index (κ3) is 4.07. The van der Waals surface area contributed by atoms with Crippen molar-refractivity contribution in [2.45, 2.75) is 5.78 Å². The minimum atomic E-state index is -3.56. The lowest BCUT2D eigenvalue weighted by Crippen LogP contribution is -2.14. The molecule has 136 valence electrons. The number of para-hydroxylation sites is 1. The number of nitrogens with one attached hydrogen (secondary N) is 1. The van der Waals surface area contributed by atoms with Crippen LogP contribution in [0.25, 0.3) is 0 Å². The molecule has 8 heteroatoms. The summed E-state index contributed by atoms with van der Waals surface area (Å²) in [6.07, 6.45) is 0. The normalized spacial score (nSPS) is 12.5. The summed E-state index contributed by atoms with van der Waals surface area (Å²) in [7, 11) is 1.92. The number of methoxy groups -OCH3 is 2. The van der Waals surface area contributed by atoms with E-state index in [-0.39, 0.29) is 17.2 Å². The van der Waals surface area contributed by atoms with Crippen LogP contribution in [0.3, 0.4) is 0 Å².